The van der Waals surface area contributed by atoms with Crippen LogP contribution in [0.4, 0.5) is 0 Å². The number of piperidine rings is 1. The first-order valence-electron chi connectivity index (χ1n) is 8.92. The third-order valence-corrected chi connectivity index (χ3v) is 5.23. The smallest absolute Gasteiger partial charge is 0.224 e. The van der Waals surface area contributed by atoms with Gasteiger partial charge in [-0.25, -0.2) is 0 Å². The number of hydrogen-bond donors (Lipinski definition) is 2. The van der Waals surface area contributed by atoms with Gasteiger partial charge >= 0.3 is 0 Å². The maximum atomic E-state index is 12.3. The van der Waals surface area contributed by atoms with Crippen molar-refractivity contribution in [3.63, 3.8) is 0 Å². The summed E-state index contributed by atoms with van der Waals surface area (Å²) in [6.45, 7) is 6.70. The Kier molecular flexibility index (Phi) is 6.97. The van der Waals surface area contributed by atoms with Crippen molar-refractivity contribution in [2.75, 3.05) is 26.2 Å². The van der Waals surface area contributed by atoms with E-state index in [1.54, 1.807) is 0 Å². The Balaban J connectivity index is 1.60. The molecule has 21 heavy (non-hydrogen) atoms. The van der Waals surface area contributed by atoms with E-state index < -0.39 is 0 Å². The second-order valence-corrected chi connectivity index (χ2v) is 7.08. The number of carbonyl (C=O) groups is 1. The van der Waals surface area contributed by atoms with Gasteiger partial charge in [0.1, 0.15) is 0 Å². The van der Waals surface area contributed by atoms with Gasteiger partial charge in [0.25, 0.3) is 0 Å². The molecule has 0 aromatic carbocycles. The van der Waals surface area contributed by atoms with Crippen molar-refractivity contribution in [1.82, 2.24) is 10.2 Å². The predicted molar refractivity (Wildman–Crippen MR) is 87.0 cm³/mol. The molecule has 122 valence electrons. The zero-order chi connectivity index (χ0) is 15.1. The monoisotopic (exact) mass is 295 g/mol. The molecule has 2 unspecified atom stereocenters. The zero-order valence-corrected chi connectivity index (χ0v) is 13.7. The predicted octanol–water partition coefficient (Wildman–Crippen LogP) is 2.13. The van der Waals surface area contributed by atoms with Gasteiger partial charge in [-0.2, -0.15) is 0 Å². The standard InChI is InChI=1S/C17H33N3O/c1-14-8-12-20(13-9-14)11-5-10-19-17(21)15-6-3-2-4-7-16(15)18/h14-16H,2-13,18H2,1H3,(H,19,21). The van der Waals surface area contributed by atoms with Crippen LogP contribution in [0.3, 0.4) is 0 Å². The molecule has 2 atom stereocenters. The van der Waals surface area contributed by atoms with Crippen LogP contribution in [0.25, 0.3) is 0 Å². The third-order valence-electron chi connectivity index (χ3n) is 5.23. The highest BCUT2D eigenvalue weighted by Gasteiger charge is 2.26. The lowest BCUT2D eigenvalue weighted by atomic mass is 9.94. The number of nitrogens with zero attached hydrogens (tertiary/aromatic N) is 1. The van der Waals surface area contributed by atoms with Crippen LogP contribution in [0.1, 0.15) is 58.3 Å². The van der Waals surface area contributed by atoms with Crippen molar-refractivity contribution >= 4 is 5.91 Å². The molecule has 1 aliphatic heterocycles. The molecule has 1 heterocycles. The summed E-state index contributed by atoms with van der Waals surface area (Å²) in [5, 5.41) is 3.11. The van der Waals surface area contributed by atoms with E-state index in [1.807, 2.05) is 0 Å². The lowest BCUT2D eigenvalue weighted by Gasteiger charge is -2.30. The van der Waals surface area contributed by atoms with Crippen molar-refractivity contribution in [3.8, 4) is 0 Å². The van der Waals surface area contributed by atoms with Crippen LogP contribution in [0.15, 0.2) is 0 Å². The molecular formula is C17H33N3O. The Morgan fingerprint density at radius 3 is 2.62 bits per heavy atom. The van der Waals surface area contributed by atoms with Crippen LogP contribution in [-0.2, 0) is 4.79 Å². The molecule has 0 spiro atoms. The van der Waals surface area contributed by atoms with Gasteiger partial charge in [-0.15, -0.1) is 0 Å². The molecule has 1 saturated carbocycles. The Hall–Kier alpha value is -0.610. The highest BCUT2D eigenvalue weighted by Crippen LogP contribution is 2.22. The van der Waals surface area contributed by atoms with E-state index in [0.717, 1.165) is 44.7 Å². The molecule has 0 radical (unpaired) electrons. The minimum Gasteiger partial charge on any atom is -0.356 e. The number of nitrogens with two attached hydrogens (primary N) is 1. The normalized spacial score (nSPS) is 29.0. The lowest BCUT2D eigenvalue weighted by molar-refractivity contribution is -0.125. The number of hydrogen-bond acceptors (Lipinski definition) is 3. The minimum absolute atomic E-state index is 0.0448. The average molecular weight is 295 g/mol. The molecule has 3 N–H and O–H groups in total. The fourth-order valence-electron chi connectivity index (χ4n) is 3.59. The molecule has 2 aliphatic rings. The maximum absolute atomic E-state index is 12.3. The molecule has 4 nitrogen and oxygen atoms in total. The molecule has 0 bridgehead atoms. The molecule has 4 heteroatoms. The van der Waals surface area contributed by atoms with Gasteiger partial charge in [-0.3, -0.25) is 4.79 Å². The molecule has 2 fully saturated rings. The quantitative estimate of drug-likeness (QED) is 0.603. The summed E-state index contributed by atoms with van der Waals surface area (Å²) in [5.41, 5.74) is 6.14. The van der Waals surface area contributed by atoms with Crippen molar-refractivity contribution in [2.24, 2.45) is 17.6 Å². The topological polar surface area (TPSA) is 58.4 Å². The van der Waals surface area contributed by atoms with Gasteiger partial charge < -0.3 is 16.0 Å². The van der Waals surface area contributed by atoms with Crippen molar-refractivity contribution in [3.05, 3.63) is 0 Å². The van der Waals surface area contributed by atoms with Crippen LogP contribution in [0.5, 0.6) is 0 Å². The first-order chi connectivity index (χ1) is 10.2. The minimum atomic E-state index is 0.0448. The maximum Gasteiger partial charge on any atom is 0.224 e. The molecular weight excluding hydrogens is 262 g/mol. The Labute approximate surface area is 129 Å². The zero-order valence-electron chi connectivity index (χ0n) is 13.7. The summed E-state index contributed by atoms with van der Waals surface area (Å²) in [6.07, 6.45) is 9.23. The molecule has 0 aromatic heterocycles. The van der Waals surface area contributed by atoms with E-state index in [0.29, 0.717) is 0 Å². The number of nitrogens with one attached hydrogen (secondary N) is 1. The number of carbonyl (C=O) groups excluding carboxylic acids is 1. The summed E-state index contributed by atoms with van der Waals surface area (Å²) in [6, 6.07) is 0.0658. The van der Waals surface area contributed by atoms with Gasteiger partial charge in [0, 0.05) is 12.6 Å². The second kappa shape index (κ2) is 8.74. The van der Waals surface area contributed by atoms with Gasteiger partial charge in [0.15, 0.2) is 0 Å². The number of rotatable bonds is 5. The van der Waals surface area contributed by atoms with Crippen LogP contribution in [-0.4, -0.2) is 43.0 Å². The number of amides is 1. The third kappa shape index (κ3) is 5.59. The van der Waals surface area contributed by atoms with Gasteiger partial charge in [0.05, 0.1) is 5.92 Å². The fourth-order valence-corrected chi connectivity index (χ4v) is 3.59. The van der Waals surface area contributed by atoms with Crippen molar-refractivity contribution in [2.45, 2.75) is 64.3 Å². The van der Waals surface area contributed by atoms with E-state index in [4.69, 9.17) is 5.73 Å². The Morgan fingerprint density at radius 1 is 1.14 bits per heavy atom. The van der Waals surface area contributed by atoms with Crippen molar-refractivity contribution < 1.29 is 4.79 Å². The highest BCUT2D eigenvalue weighted by atomic mass is 16.1. The van der Waals surface area contributed by atoms with Crippen LogP contribution in [0, 0.1) is 11.8 Å². The van der Waals surface area contributed by atoms with Crippen LogP contribution >= 0.6 is 0 Å². The molecule has 0 aromatic rings. The van der Waals surface area contributed by atoms with E-state index in [-0.39, 0.29) is 17.9 Å². The second-order valence-electron chi connectivity index (χ2n) is 7.08. The Morgan fingerprint density at radius 2 is 1.86 bits per heavy atom. The van der Waals surface area contributed by atoms with Crippen molar-refractivity contribution in [1.29, 1.82) is 0 Å². The summed E-state index contributed by atoms with van der Waals surface area (Å²) in [4.78, 5) is 14.8. The van der Waals surface area contributed by atoms with E-state index in [9.17, 15) is 4.79 Å². The van der Waals surface area contributed by atoms with E-state index in [1.165, 1.54) is 38.8 Å². The first-order valence-corrected chi connectivity index (χ1v) is 8.92. The highest BCUT2D eigenvalue weighted by molar-refractivity contribution is 5.79. The van der Waals surface area contributed by atoms with Crippen LogP contribution < -0.4 is 11.1 Å². The Bertz CT molecular complexity index is 313. The van der Waals surface area contributed by atoms with Crippen LogP contribution in [0.2, 0.25) is 0 Å². The van der Waals surface area contributed by atoms with E-state index in [2.05, 4.69) is 17.1 Å². The average Bonchev–Trinajstić information content (AvgIpc) is 2.70. The van der Waals surface area contributed by atoms with Gasteiger partial charge in [0.2, 0.25) is 5.91 Å². The summed E-state index contributed by atoms with van der Waals surface area (Å²) >= 11 is 0. The molecule has 1 saturated heterocycles. The SMILES string of the molecule is CC1CCN(CCCNC(=O)C2CCCCCC2N)CC1. The largest absolute Gasteiger partial charge is 0.356 e. The lowest BCUT2D eigenvalue weighted by Crippen LogP contribution is -2.42. The molecule has 1 amide bonds. The number of likely N-dealkylation sites (tertiary alicyclic amines) is 1. The molecule has 1 aliphatic carbocycles. The summed E-state index contributed by atoms with van der Waals surface area (Å²) < 4.78 is 0. The summed E-state index contributed by atoms with van der Waals surface area (Å²) in [7, 11) is 0. The molecule has 2 rings (SSSR count). The summed E-state index contributed by atoms with van der Waals surface area (Å²) in [5.74, 6) is 1.12. The fraction of sp³-hybridized carbons (Fsp3) is 0.941. The first kappa shape index (κ1) is 16.8. The van der Waals surface area contributed by atoms with Gasteiger partial charge in [-0.05, 0) is 57.7 Å². The van der Waals surface area contributed by atoms with E-state index >= 15 is 0 Å². The van der Waals surface area contributed by atoms with Gasteiger partial charge in [-0.1, -0.05) is 26.2 Å².